The Balaban J connectivity index is 2.53. The normalized spacial score (nSPS) is 10.8. The number of rotatable bonds is 2. The number of nitrogens with zero attached hydrogens (tertiary/aromatic N) is 1. The summed E-state index contributed by atoms with van der Waals surface area (Å²) in [6, 6.07) is 4.83. The van der Waals surface area contributed by atoms with Crippen LogP contribution in [0.1, 0.15) is 10.6 Å². The summed E-state index contributed by atoms with van der Waals surface area (Å²) in [5, 5.41) is 0.678. The number of halogens is 2. The van der Waals surface area contributed by atoms with Gasteiger partial charge in [-0.1, -0.05) is 15.9 Å². The molecule has 0 saturated heterocycles. The lowest BCUT2D eigenvalue weighted by atomic mass is 10.2. The van der Waals surface area contributed by atoms with Crippen LogP contribution in [0, 0.1) is 12.7 Å². The molecule has 0 radical (unpaired) electrons. The van der Waals surface area contributed by atoms with Gasteiger partial charge >= 0.3 is 0 Å². The van der Waals surface area contributed by atoms with Crippen molar-refractivity contribution in [2.24, 2.45) is 5.73 Å². The van der Waals surface area contributed by atoms with E-state index in [1.807, 2.05) is 6.92 Å². The van der Waals surface area contributed by atoms with Crippen molar-refractivity contribution in [1.29, 1.82) is 0 Å². The predicted molar refractivity (Wildman–Crippen MR) is 67.8 cm³/mol. The van der Waals surface area contributed by atoms with Crippen molar-refractivity contribution in [3.05, 3.63) is 39.1 Å². The van der Waals surface area contributed by atoms with Crippen molar-refractivity contribution in [2.75, 3.05) is 0 Å². The minimum Gasteiger partial charge on any atom is -0.326 e. The molecule has 0 atom stereocenters. The van der Waals surface area contributed by atoms with Gasteiger partial charge in [-0.15, -0.1) is 11.3 Å². The van der Waals surface area contributed by atoms with Gasteiger partial charge in [0.15, 0.2) is 0 Å². The second kappa shape index (κ2) is 4.61. The molecule has 2 aromatic rings. The molecule has 2 rings (SSSR count). The summed E-state index contributed by atoms with van der Waals surface area (Å²) in [6.45, 7) is 2.33. The minimum atomic E-state index is -0.263. The molecule has 16 heavy (non-hydrogen) atoms. The number of aryl methyl sites for hydroxylation is 1. The van der Waals surface area contributed by atoms with Crippen LogP contribution in [-0.2, 0) is 6.54 Å². The molecule has 5 heteroatoms. The molecule has 0 unspecified atom stereocenters. The van der Waals surface area contributed by atoms with Gasteiger partial charge in [0.2, 0.25) is 0 Å². The van der Waals surface area contributed by atoms with Crippen molar-refractivity contribution >= 4 is 27.3 Å². The third-order valence-electron chi connectivity index (χ3n) is 2.24. The zero-order valence-corrected chi connectivity index (χ0v) is 11.0. The number of benzene rings is 1. The highest BCUT2D eigenvalue weighted by Crippen LogP contribution is 2.31. The first-order valence-corrected chi connectivity index (χ1v) is 6.34. The Morgan fingerprint density at radius 3 is 2.88 bits per heavy atom. The standard InChI is InChI=1S/C11H10BrFN2S/c1-6-10(5-14)16-11(15-6)8-4-7(12)2-3-9(8)13/h2-4H,5,14H2,1H3. The molecule has 84 valence electrons. The van der Waals surface area contributed by atoms with Crippen LogP contribution in [-0.4, -0.2) is 4.98 Å². The van der Waals surface area contributed by atoms with Crippen molar-refractivity contribution in [2.45, 2.75) is 13.5 Å². The first-order chi connectivity index (χ1) is 7.61. The highest BCUT2D eigenvalue weighted by atomic mass is 79.9. The van der Waals surface area contributed by atoms with Crippen molar-refractivity contribution in [3.63, 3.8) is 0 Å². The minimum absolute atomic E-state index is 0.263. The summed E-state index contributed by atoms with van der Waals surface area (Å²) in [5.74, 6) is -0.263. The Kier molecular flexibility index (Phi) is 3.37. The Labute approximate surface area is 105 Å². The maximum absolute atomic E-state index is 13.6. The number of hydrogen-bond donors (Lipinski definition) is 1. The van der Waals surface area contributed by atoms with Gasteiger partial charge < -0.3 is 5.73 Å². The van der Waals surface area contributed by atoms with Gasteiger partial charge in [-0.05, 0) is 25.1 Å². The van der Waals surface area contributed by atoms with Gasteiger partial charge in [0, 0.05) is 21.5 Å². The summed E-state index contributed by atoms with van der Waals surface area (Å²) in [5.41, 5.74) is 6.97. The van der Waals surface area contributed by atoms with Crippen molar-refractivity contribution in [1.82, 2.24) is 4.98 Å². The maximum atomic E-state index is 13.6. The van der Waals surface area contributed by atoms with E-state index < -0.39 is 0 Å². The monoisotopic (exact) mass is 300 g/mol. The van der Waals surface area contributed by atoms with Crippen LogP contribution in [0.3, 0.4) is 0 Å². The molecule has 0 aliphatic carbocycles. The lowest BCUT2D eigenvalue weighted by Gasteiger charge is -1.99. The second-order valence-corrected chi connectivity index (χ2v) is 5.36. The lowest BCUT2D eigenvalue weighted by Crippen LogP contribution is -1.94. The van der Waals surface area contributed by atoms with Crippen LogP contribution in [0.5, 0.6) is 0 Å². The molecule has 0 spiro atoms. The van der Waals surface area contributed by atoms with E-state index in [1.54, 1.807) is 12.1 Å². The maximum Gasteiger partial charge on any atom is 0.133 e. The van der Waals surface area contributed by atoms with E-state index in [0.29, 0.717) is 17.1 Å². The zero-order chi connectivity index (χ0) is 11.7. The first-order valence-electron chi connectivity index (χ1n) is 4.73. The van der Waals surface area contributed by atoms with Gasteiger partial charge in [-0.3, -0.25) is 0 Å². The molecular weight excluding hydrogens is 291 g/mol. The highest BCUT2D eigenvalue weighted by Gasteiger charge is 2.12. The van der Waals surface area contributed by atoms with E-state index in [1.165, 1.54) is 17.4 Å². The molecule has 1 heterocycles. The third kappa shape index (κ3) is 2.16. The van der Waals surface area contributed by atoms with Crippen LogP contribution in [0.25, 0.3) is 10.6 Å². The van der Waals surface area contributed by atoms with E-state index in [4.69, 9.17) is 5.73 Å². The molecule has 0 aliphatic rings. The summed E-state index contributed by atoms with van der Waals surface area (Å²) in [4.78, 5) is 5.33. The number of hydrogen-bond acceptors (Lipinski definition) is 3. The van der Waals surface area contributed by atoms with Crippen molar-refractivity contribution in [3.8, 4) is 10.6 Å². The van der Waals surface area contributed by atoms with Crippen LogP contribution in [0.15, 0.2) is 22.7 Å². The van der Waals surface area contributed by atoms with E-state index in [9.17, 15) is 4.39 Å². The third-order valence-corrected chi connectivity index (χ3v) is 3.94. The summed E-state index contributed by atoms with van der Waals surface area (Å²) in [6.07, 6.45) is 0. The summed E-state index contributed by atoms with van der Waals surface area (Å²) >= 11 is 4.76. The number of aromatic nitrogens is 1. The molecule has 0 saturated carbocycles. The van der Waals surface area contributed by atoms with E-state index in [-0.39, 0.29) is 5.82 Å². The van der Waals surface area contributed by atoms with Gasteiger partial charge in [0.05, 0.1) is 5.69 Å². The molecule has 0 amide bonds. The average molecular weight is 301 g/mol. The Bertz CT molecular complexity index is 525. The predicted octanol–water partition coefficient (Wildman–Crippen LogP) is 3.48. The van der Waals surface area contributed by atoms with Crippen LogP contribution in [0.2, 0.25) is 0 Å². The van der Waals surface area contributed by atoms with E-state index in [0.717, 1.165) is 15.0 Å². The van der Waals surface area contributed by atoms with E-state index >= 15 is 0 Å². The van der Waals surface area contributed by atoms with Gasteiger partial charge in [0.25, 0.3) is 0 Å². The SMILES string of the molecule is Cc1nc(-c2cc(Br)ccc2F)sc1CN. The lowest BCUT2D eigenvalue weighted by molar-refractivity contribution is 0.631. The van der Waals surface area contributed by atoms with Crippen molar-refractivity contribution < 1.29 is 4.39 Å². The second-order valence-electron chi connectivity index (χ2n) is 3.36. The number of nitrogens with two attached hydrogens (primary N) is 1. The summed E-state index contributed by atoms with van der Waals surface area (Å²) in [7, 11) is 0. The molecule has 2 nitrogen and oxygen atoms in total. The Morgan fingerprint density at radius 2 is 2.25 bits per heavy atom. The molecule has 1 aromatic heterocycles. The Morgan fingerprint density at radius 1 is 1.50 bits per heavy atom. The molecule has 2 N–H and O–H groups in total. The fourth-order valence-electron chi connectivity index (χ4n) is 1.39. The molecule has 0 aliphatic heterocycles. The van der Waals surface area contributed by atoms with Crippen LogP contribution < -0.4 is 5.73 Å². The van der Waals surface area contributed by atoms with Crippen LogP contribution in [0.4, 0.5) is 4.39 Å². The number of thiazole rings is 1. The summed E-state index contributed by atoms with van der Waals surface area (Å²) < 4.78 is 14.5. The fourth-order valence-corrected chi connectivity index (χ4v) is 2.71. The van der Waals surface area contributed by atoms with Gasteiger partial charge in [-0.2, -0.15) is 0 Å². The first kappa shape index (κ1) is 11.7. The Hall–Kier alpha value is -0.780. The average Bonchev–Trinajstić information content (AvgIpc) is 2.63. The van der Waals surface area contributed by atoms with Gasteiger partial charge in [-0.25, -0.2) is 9.37 Å². The topological polar surface area (TPSA) is 38.9 Å². The van der Waals surface area contributed by atoms with E-state index in [2.05, 4.69) is 20.9 Å². The molecule has 0 fully saturated rings. The fraction of sp³-hybridized carbons (Fsp3) is 0.182. The quantitative estimate of drug-likeness (QED) is 0.922. The zero-order valence-electron chi connectivity index (χ0n) is 8.63. The largest absolute Gasteiger partial charge is 0.326 e. The van der Waals surface area contributed by atoms with Crippen LogP contribution >= 0.6 is 27.3 Å². The molecule has 1 aromatic carbocycles. The smallest absolute Gasteiger partial charge is 0.133 e. The van der Waals surface area contributed by atoms with Gasteiger partial charge in [0.1, 0.15) is 10.8 Å². The molecular formula is C11H10BrFN2S. The molecule has 0 bridgehead atoms. The highest BCUT2D eigenvalue weighted by molar-refractivity contribution is 9.10.